The zero-order valence-electron chi connectivity index (χ0n) is 12.1. The van der Waals surface area contributed by atoms with Crippen molar-refractivity contribution in [3.8, 4) is 11.5 Å². The summed E-state index contributed by atoms with van der Waals surface area (Å²) in [6, 6.07) is 5.36. The third-order valence-electron chi connectivity index (χ3n) is 3.64. The van der Waals surface area contributed by atoms with Crippen LogP contribution in [0.5, 0.6) is 11.5 Å². The lowest BCUT2D eigenvalue weighted by Gasteiger charge is -2.30. The van der Waals surface area contributed by atoms with E-state index in [-0.39, 0.29) is 12.0 Å². The van der Waals surface area contributed by atoms with Crippen molar-refractivity contribution >= 4 is 5.91 Å². The minimum absolute atomic E-state index is 0.0319. The summed E-state index contributed by atoms with van der Waals surface area (Å²) in [5.41, 5.74) is 0.511. The third-order valence-corrected chi connectivity index (χ3v) is 3.64. The first-order chi connectivity index (χ1) is 10.2. The second-order valence-corrected chi connectivity index (χ2v) is 5.29. The number of nitrogens with zero attached hydrogens (tertiary/aromatic N) is 1. The number of hydrogen-bond acceptors (Lipinski definition) is 5. The Morgan fingerprint density at radius 3 is 3.05 bits per heavy atom. The molecule has 0 radical (unpaired) electrons. The topological polar surface area (TPSA) is 60.0 Å². The number of benzene rings is 1. The maximum Gasteiger partial charge on any atom is 0.255 e. The molecule has 6 heteroatoms. The molecule has 1 aromatic rings. The molecule has 114 valence electrons. The number of para-hydroxylation sites is 1. The smallest absolute Gasteiger partial charge is 0.255 e. The molecular formula is C15H20N2O4. The van der Waals surface area contributed by atoms with Crippen LogP contribution < -0.4 is 14.8 Å². The molecule has 1 aromatic carbocycles. The van der Waals surface area contributed by atoms with Crippen molar-refractivity contribution in [2.45, 2.75) is 6.10 Å². The van der Waals surface area contributed by atoms with Crippen molar-refractivity contribution in [2.75, 3.05) is 46.5 Å². The lowest BCUT2D eigenvalue weighted by molar-refractivity contribution is -0.0175. The summed E-state index contributed by atoms with van der Waals surface area (Å²) >= 11 is 0. The van der Waals surface area contributed by atoms with Gasteiger partial charge in [-0.25, -0.2) is 0 Å². The van der Waals surface area contributed by atoms with Crippen molar-refractivity contribution in [1.29, 1.82) is 0 Å². The first kappa shape index (κ1) is 14.2. The van der Waals surface area contributed by atoms with Gasteiger partial charge in [0.2, 0.25) is 0 Å². The number of amides is 1. The molecule has 0 spiro atoms. The number of fused-ring (bicyclic) bond motifs is 1. The number of morpholine rings is 1. The van der Waals surface area contributed by atoms with E-state index in [4.69, 9.17) is 14.2 Å². The standard InChI is InChI=1S/C15H20N2O4/c1-17-5-6-19-11(10-17)9-16-15(18)12-3-2-4-13-14(12)21-8-7-20-13/h2-4,11H,5-10H2,1H3,(H,16,18)/t11-/m1/s1. The fourth-order valence-electron chi connectivity index (χ4n) is 2.54. The van der Waals surface area contributed by atoms with Crippen molar-refractivity contribution in [1.82, 2.24) is 10.2 Å². The van der Waals surface area contributed by atoms with Gasteiger partial charge in [0.1, 0.15) is 13.2 Å². The molecule has 3 rings (SSSR count). The molecule has 1 fully saturated rings. The highest BCUT2D eigenvalue weighted by Crippen LogP contribution is 2.33. The molecule has 1 amide bonds. The van der Waals surface area contributed by atoms with Crippen LogP contribution in [0.4, 0.5) is 0 Å². The Kier molecular flexibility index (Phi) is 4.26. The zero-order valence-corrected chi connectivity index (χ0v) is 12.1. The van der Waals surface area contributed by atoms with Crippen LogP contribution in [0, 0.1) is 0 Å². The van der Waals surface area contributed by atoms with Gasteiger partial charge >= 0.3 is 0 Å². The predicted octanol–water partition coefficient (Wildman–Crippen LogP) is 0.518. The second kappa shape index (κ2) is 6.32. The fourth-order valence-corrected chi connectivity index (χ4v) is 2.54. The second-order valence-electron chi connectivity index (χ2n) is 5.29. The number of carbonyl (C=O) groups excluding carboxylic acids is 1. The summed E-state index contributed by atoms with van der Waals surface area (Å²) in [5.74, 6) is 1.000. The van der Waals surface area contributed by atoms with Gasteiger partial charge in [0.25, 0.3) is 5.91 Å². The van der Waals surface area contributed by atoms with E-state index in [1.807, 2.05) is 6.07 Å². The molecule has 6 nitrogen and oxygen atoms in total. The Bertz CT molecular complexity index is 520. The van der Waals surface area contributed by atoms with Crippen LogP contribution in [0.3, 0.4) is 0 Å². The normalized spacial score (nSPS) is 21.9. The van der Waals surface area contributed by atoms with E-state index in [0.717, 1.165) is 13.1 Å². The number of rotatable bonds is 3. The van der Waals surface area contributed by atoms with Crippen molar-refractivity contribution in [2.24, 2.45) is 0 Å². The summed E-state index contributed by atoms with van der Waals surface area (Å²) in [4.78, 5) is 14.5. The van der Waals surface area contributed by atoms with Crippen LogP contribution in [-0.2, 0) is 4.74 Å². The molecule has 21 heavy (non-hydrogen) atoms. The zero-order chi connectivity index (χ0) is 14.7. The van der Waals surface area contributed by atoms with E-state index in [9.17, 15) is 4.79 Å². The van der Waals surface area contributed by atoms with E-state index >= 15 is 0 Å². The SMILES string of the molecule is CN1CCO[C@H](CNC(=O)c2cccc3c2OCCO3)C1. The van der Waals surface area contributed by atoms with Crippen LogP contribution in [0.25, 0.3) is 0 Å². The molecule has 0 aliphatic carbocycles. The fraction of sp³-hybridized carbons (Fsp3) is 0.533. The maximum atomic E-state index is 12.3. The van der Waals surface area contributed by atoms with E-state index in [2.05, 4.69) is 17.3 Å². The summed E-state index contributed by atoms with van der Waals surface area (Å²) in [6.45, 7) is 3.94. The lowest BCUT2D eigenvalue weighted by atomic mass is 10.1. The molecule has 1 atom stereocenters. The Hall–Kier alpha value is -1.79. The maximum absolute atomic E-state index is 12.3. The molecule has 2 heterocycles. The van der Waals surface area contributed by atoms with E-state index in [0.29, 0.717) is 43.4 Å². The highest BCUT2D eigenvalue weighted by atomic mass is 16.6. The molecule has 1 saturated heterocycles. The highest BCUT2D eigenvalue weighted by Gasteiger charge is 2.22. The molecule has 2 aliphatic heterocycles. The van der Waals surface area contributed by atoms with Gasteiger partial charge in [-0.1, -0.05) is 6.07 Å². The number of likely N-dealkylation sites (N-methyl/N-ethyl adjacent to an activating group) is 1. The van der Waals surface area contributed by atoms with Crippen molar-refractivity contribution in [3.05, 3.63) is 23.8 Å². The van der Waals surface area contributed by atoms with Gasteiger partial charge in [0.15, 0.2) is 11.5 Å². The average molecular weight is 292 g/mol. The Balaban J connectivity index is 1.63. The first-order valence-corrected chi connectivity index (χ1v) is 7.21. The monoisotopic (exact) mass is 292 g/mol. The number of carbonyl (C=O) groups is 1. The first-order valence-electron chi connectivity index (χ1n) is 7.21. The van der Waals surface area contributed by atoms with Gasteiger partial charge < -0.3 is 24.4 Å². The molecule has 2 aliphatic rings. The minimum Gasteiger partial charge on any atom is -0.486 e. The highest BCUT2D eigenvalue weighted by molar-refractivity contribution is 5.97. The third kappa shape index (κ3) is 3.28. The minimum atomic E-state index is -0.158. The average Bonchev–Trinajstić information content (AvgIpc) is 2.52. The van der Waals surface area contributed by atoms with Crippen molar-refractivity contribution in [3.63, 3.8) is 0 Å². The van der Waals surface area contributed by atoms with Crippen LogP contribution in [0.2, 0.25) is 0 Å². The van der Waals surface area contributed by atoms with E-state index in [1.165, 1.54) is 0 Å². The van der Waals surface area contributed by atoms with Crippen LogP contribution in [-0.4, -0.2) is 63.4 Å². The molecule has 0 saturated carbocycles. The molecular weight excluding hydrogens is 272 g/mol. The predicted molar refractivity (Wildman–Crippen MR) is 77.0 cm³/mol. The van der Waals surface area contributed by atoms with Crippen LogP contribution in [0.15, 0.2) is 18.2 Å². The van der Waals surface area contributed by atoms with Gasteiger partial charge in [0.05, 0.1) is 18.3 Å². The largest absolute Gasteiger partial charge is 0.486 e. The van der Waals surface area contributed by atoms with E-state index < -0.39 is 0 Å². The summed E-state index contributed by atoms with van der Waals surface area (Å²) in [7, 11) is 2.05. The van der Waals surface area contributed by atoms with Gasteiger partial charge in [-0.2, -0.15) is 0 Å². The molecule has 0 aromatic heterocycles. The lowest BCUT2D eigenvalue weighted by Crippen LogP contribution is -2.46. The molecule has 0 bridgehead atoms. The summed E-state index contributed by atoms with van der Waals surface area (Å²) < 4.78 is 16.7. The summed E-state index contributed by atoms with van der Waals surface area (Å²) in [5, 5.41) is 2.91. The molecule has 0 unspecified atom stereocenters. The van der Waals surface area contributed by atoms with Crippen LogP contribution in [0.1, 0.15) is 10.4 Å². The van der Waals surface area contributed by atoms with Gasteiger partial charge in [0, 0.05) is 19.6 Å². The number of hydrogen-bond donors (Lipinski definition) is 1. The number of nitrogens with one attached hydrogen (secondary N) is 1. The van der Waals surface area contributed by atoms with Gasteiger partial charge in [-0.05, 0) is 19.2 Å². The van der Waals surface area contributed by atoms with Gasteiger partial charge in [-0.3, -0.25) is 4.79 Å². The summed E-state index contributed by atoms with van der Waals surface area (Å²) in [6.07, 6.45) is 0.0319. The van der Waals surface area contributed by atoms with E-state index in [1.54, 1.807) is 12.1 Å². The Morgan fingerprint density at radius 2 is 2.19 bits per heavy atom. The molecule has 1 N–H and O–H groups in total. The van der Waals surface area contributed by atoms with Gasteiger partial charge in [-0.15, -0.1) is 0 Å². The quantitative estimate of drug-likeness (QED) is 0.880. The van der Waals surface area contributed by atoms with Crippen molar-refractivity contribution < 1.29 is 19.0 Å². The Labute approximate surface area is 124 Å². The number of ether oxygens (including phenoxy) is 3. The van der Waals surface area contributed by atoms with Crippen LogP contribution >= 0.6 is 0 Å². The Morgan fingerprint density at radius 1 is 1.33 bits per heavy atom.